The number of aromatic nitrogens is 1. The Balaban J connectivity index is 3.23. The number of nitrogens with zero attached hydrogens (tertiary/aromatic N) is 1. The van der Waals surface area contributed by atoms with Crippen molar-refractivity contribution in [1.29, 1.82) is 0 Å². The molecule has 0 spiro atoms. The fraction of sp³-hybridized carbons (Fsp3) is 0.286. The topological polar surface area (TPSA) is 48.0 Å². The van der Waals surface area contributed by atoms with Gasteiger partial charge < -0.3 is 5.73 Å². The first-order chi connectivity index (χ1) is 4.63. The number of amides is 1. The van der Waals surface area contributed by atoms with Crippen LogP contribution in [0.2, 0.25) is 0 Å². The molecule has 0 aliphatic heterocycles. The van der Waals surface area contributed by atoms with Gasteiger partial charge in [-0.15, -0.1) is 0 Å². The van der Waals surface area contributed by atoms with Crippen LogP contribution in [0.5, 0.6) is 0 Å². The summed E-state index contributed by atoms with van der Waals surface area (Å²) in [5, 5.41) is 0. The van der Waals surface area contributed by atoms with Crippen molar-refractivity contribution < 1.29 is 4.79 Å². The molecule has 0 atom stereocenters. The van der Waals surface area contributed by atoms with E-state index in [0.29, 0.717) is 0 Å². The summed E-state index contributed by atoms with van der Waals surface area (Å²) in [6.45, 7) is 3.69. The number of carbonyl (C=O) groups excluding carboxylic acids is 1. The maximum Gasteiger partial charge on any atom is 0.323 e. The van der Waals surface area contributed by atoms with Gasteiger partial charge in [-0.3, -0.25) is 4.57 Å². The highest BCUT2D eigenvalue weighted by Gasteiger charge is 2.03. The lowest BCUT2D eigenvalue weighted by atomic mass is 10.5. The molecule has 0 bridgehead atoms. The van der Waals surface area contributed by atoms with Crippen molar-refractivity contribution in [2.24, 2.45) is 5.73 Å². The van der Waals surface area contributed by atoms with E-state index >= 15 is 0 Å². The van der Waals surface area contributed by atoms with Crippen molar-refractivity contribution >= 4 is 6.03 Å². The summed E-state index contributed by atoms with van der Waals surface area (Å²) in [6.07, 6.45) is 0. The van der Waals surface area contributed by atoms with E-state index in [2.05, 4.69) is 0 Å². The Morgan fingerprint density at radius 3 is 2.00 bits per heavy atom. The predicted octanol–water partition coefficient (Wildman–Crippen LogP) is 1.03. The molecule has 10 heavy (non-hydrogen) atoms. The maximum absolute atomic E-state index is 10.7. The highest BCUT2D eigenvalue weighted by molar-refractivity contribution is 5.76. The van der Waals surface area contributed by atoms with Crippen LogP contribution >= 0.6 is 0 Å². The third kappa shape index (κ3) is 0.900. The standard InChI is InChI=1S/C7H10N2O/c1-5-3-4-6(2)9(5)7(8)10/h3-4H,1-2H3,(H2,8,10). The van der Waals surface area contributed by atoms with Crippen molar-refractivity contribution in [3.05, 3.63) is 23.5 Å². The number of primary amides is 1. The Morgan fingerprint density at radius 1 is 1.40 bits per heavy atom. The maximum atomic E-state index is 10.7. The highest BCUT2D eigenvalue weighted by atomic mass is 16.2. The molecule has 1 aromatic rings. The molecule has 0 unspecified atom stereocenters. The average molecular weight is 138 g/mol. The van der Waals surface area contributed by atoms with Crippen LogP contribution in [0.3, 0.4) is 0 Å². The molecule has 0 aliphatic carbocycles. The summed E-state index contributed by atoms with van der Waals surface area (Å²) in [4.78, 5) is 10.7. The van der Waals surface area contributed by atoms with Crippen molar-refractivity contribution in [2.45, 2.75) is 13.8 Å². The number of carbonyl (C=O) groups is 1. The van der Waals surface area contributed by atoms with Crippen LogP contribution in [0.4, 0.5) is 4.79 Å². The zero-order chi connectivity index (χ0) is 7.72. The molecule has 3 nitrogen and oxygen atoms in total. The Hall–Kier alpha value is -1.25. The minimum atomic E-state index is -0.417. The molecule has 2 N–H and O–H groups in total. The van der Waals surface area contributed by atoms with Gasteiger partial charge in [0.05, 0.1) is 0 Å². The second-order valence-electron chi connectivity index (χ2n) is 2.29. The molecule has 54 valence electrons. The van der Waals surface area contributed by atoms with Gasteiger partial charge in [-0.1, -0.05) is 0 Å². The average Bonchev–Trinajstić information content (AvgIpc) is 2.11. The molecule has 1 rings (SSSR count). The van der Waals surface area contributed by atoms with Crippen LogP contribution in [-0.4, -0.2) is 10.6 Å². The third-order valence-electron chi connectivity index (χ3n) is 1.49. The fourth-order valence-corrected chi connectivity index (χ4v) is 1.02. The van der Waals surface area contributed by atoms with Gasteiger partial charge in [0.2, 0.25) is 0 Å². The minimum Gasteiger partial charge on any atom is -0.351 e. The Morgan fingerprint density at radius 2 is 1.80 bits per heavy atom. The van der Waals surface area contributed by atoms with E-state index in [1.165, 1.54) is 4.57 Å². The Labute approximate surface area is 59.4 Å². The van der Waals surface area contributed by atoms with E-state index in [0.717, 1.165) is 11.4 Å². The van der Waals surface area contributed by atoms with E-state index in [-0.39, 0.29) is 0 Å². The first-order valence-corrected chi connectivity index (χ1v) is 3.07. The molecule has 0 saturated heterocycles. The predicted molar refractivity (Wildman–Crippen MR) is 38.9 cm³/mol. The van der Waals surface area contributed by atoms with Crippen LogP contribution in [0.1, 0.15) is 11.4 Å². The molecule has 0 fully saturated rings. The molecule has 1 amide bonds. The van der Waals surface area contributed by atoms with Gasteiger partial charge in [0.15, 0.2) is 0 Å². The quantitative estimate of drug-likeness (QED) is 0.572. The number of hydrogen-bond donors (Lipinski definition) is 1. The third-order valence-corrected chi connectivity index (χ3v) is 1.49. The van der Waals surface area contributed by atoms with E-state index in [1.807, 2.05) is 26.0 Å². The van der Waals surface area contributed by atoms with Crippen LogP contribution in [-0.2, 0) is 0 Å². The number of rotatable bonds is 0. The summed E-state index contributed by atoms with van der Waals surface area (Å²) in [5.41, 5.74) is 6.84. The van der Waals surface area contributed by atoms with E-state index in [4.69, 9.17) is 5.73 Å². The molecule has 1 aromatic heterocycles. The van der Waals surface area contributed by atoms with E-state index in [9.17, 15) is 4.79 Å². The molecular formula is C7H10N2O. The van der Waals surface area contributed by atoms with Gasteiger partial charge in [0.1, 0.15) is 0 Å². The molecule has 0 aliphatic rings. The lowest BCUT2D eigenvalue weighted by molar-refractivity contribution is 0.249. The molecule has 0 saturated carbocycles. The Kier molecular flexibility index (Phi) is 1.49. The molecular weight excluding hydrogens is 128 g/mol. The summed E-state index contributed by atoms with van der Waals surface area (Å²) in [6, 6.07) is 3.31. The molecule has 0 radical (unpaired) electrons. The zero-order valence-electron chi connectivity index (χ0n) is 6.09. The highest BCUT2D eigenvalue weighted by Crippen LogP contribution is 2.04. The van der Waals surface area contributed by atoms with E-state index < -0.39 is 6.03 Å². The van der Waals surface area contributed by atoms with Gasteiger partial charge in [0.25, 0.3) is 0 Å². The second kappa shape index (κ2) is 2.17. The normalized spacial score (nSPS) is 9.80. The Bertz CT molecular complexity index is 243. The lowest BCUT2D eigenvalue weighted by Gasteiger charge is -2.00. The summed E-state index contributed by atoms with van der Waals surface area (Å²) >= 11 is 0. The van der Waals surface area contributed by atoms with Crippen LogP contribution < -0.4 is 5.73 Å². The first-order valence-electron chi connectivity index (χ1n) is 3.07. The van der Waals surface area contributed by atoms with Crippen LogP contribution in [0, 0.1) is 13.8 Å². The van der Waals surface area contributed by atoms with E-state index in [1.54, 1.807) is 0 Å². The van der Waals surface area contributed by atoms with Crippen molar-refractivity contribution in [1.82, 2.24) is 4.57 Å². The summed E-state index contributed by atoms with van der Waals surface area (Å²) < 4.78 is 1.47. The molecule has 0 aromatic carbocycles. The SMILES string of the molecule is Cc1ccc(C)n1C(N)=O. The fourth-order valence-electron chi connectivity index (χ4n) is 1.02. The number of nitrogens with two attached hydrogens (primary N) is 1. The summed E-state index contributed by atoms with van der Waals surface area (Å²) in [7, 11) is 0. The van der Waals surface area contributed by atoms with Crippen molar-refractivity contribution in [3.63, 3.8) is 0 Å². The minimum absolute atomic E-state index is 0.417. The van der Waals surface area contributed by atoms with Gasteiger partial charge >= 0.3 is 6.03 Å². The van der Waals surface area contributed by atoms with Crippen LogP contribution in [0.15, 0.2) is 12.1 Å². The monoisotopic (exact) mass is 138 g/mol. The number of hydrogen-bond acceptors (Lipinski definition) is 1. The van der Waals surface area contributed by atoms with Gasteiger partial charge in [-0.05, 0) is 26.0 Å². The first kappa shape index (κ1) is 6.86. The smallest absolute Gasteiger partial charge is 0.323 e. The molecule has 1 heterocycles. The van der Waals surface area contributed by atoms with Crippen LogP contribution in [0.25, 0.3) is 0 Å². The summed E-state index contributed by atoms with van der Waals surface area (Å²) in [5.74, 6) is 0. The zero-order valence-corrected chi connectivity index (χ0v) is 6.09. The van der Waals surface area contributed by atoms with Gasteiger partial charge in [0, 0.05) is 11.4 Å². The van der Waals surface area contributed by atoms with Crippen molar-refractivity contribution in [2.75, 3.05) is 0 Å². The van der Waals surface area contributed by atoms with Crippen molar-refractivity contribution in [3.8, 4) is 0 Å². The second-order valence-corrected chi connectivity index (χ2v) is 2.29. The van der Waals surface area contributed by atoms with Gasteiger partial charge in [-0.25, -0.2) is 4.79 Å². The van der Waals surface area contributed by atoms with Gasteiger partial charge in [-0.2, -0.15) is 0 Å². The molecule has 3 heteroatoms. The lowest BCUT2D eigenvalue weighted by Crippen LogP contribution is -2.21. The largest absolute Gasteiger partial charge is 0.351 e. The number of aryl methyl sites for hydroxylation is 2.